The van der Waals surface area contributed by atoms with E-state index in [9.17, 15) is 9.59 Å². The van der Waals surface area contributed by atoms with Crippen LogP contribution >= 0.6 is 0 Å². The summed E-state index contributed by atoms with van der Waals surface area (Å²) < 4.78 is 21.1. The van der Waals surface area contributed by atoms with Crippen LogP contribution in [-0.4, -0.2) is 55.8 Å². The summed E-state index contributed by atoms with van der Waals surface area (Å²) in [5, 5.41) is 4.02. The molecule has 1 aliphatic rings. The molecule has 1 aromatic carbocycles. The van der Waals surface area contributed by atoms with Crippen molar-refractivity contribution in [3.63, 3.8) is 0 Å². The zero-order valence-electron chi connectivity index (χ0n) is 17.0. The molecule has 2 aromatic rings. The molecule has 156 valence electrons. The minimum absolute atomic E-state index is 0.0776. The maximum absolute atomic E-state index is 12.7. The Bertz CT molecular complexity index is 863. The number of amides is 1. The molecular weight excluding hydrogens is 376 g/mol. The molecule has 0 saturated carbocycles. The van der Waals surface area contributed by atoms with Gasteiger partial charge in [-0.25, -0.2) is 0 Å². The molecule has 8 heteroatoms. The van der Waals surface area contributed by atoms with Gasteiger partial charge in [-0.3, -0.25) is 9.59 Å². The summed E-state index contributed by atoms with van der Waals surface area (Å²) in [5.74, 6) is 1.17. The van der Waals surface area contributed by atoms with E-state index < -0.39 is 0 Å². The van der Waals surface area contributed by atoms with Crippen LogP contribution in [-0.2, 0) is 20.7 Å². The van der Waals surface area contributed by atoms with Gasteiger partial charge >= 0.3 is 5.97 Å². The van der Waals surface area contributed by atoms with Crippen molar-refractivity contribution in [1.29, 1.82) is 0 Å². The standard InChI is InChI=1S/C21H26N2O6/c1-4-28-21(25)15-6-5-9-23(13-15)20(24)12-16-11-18(29-22-16)14-7-8-17(26-2)19(10-14)27-3/h7-8,10-11,15H,4-6,9,12-13H2,1-3H3. The van der Waals surface area contributed by atoms with E-state index in [1.165, 1.54) is 0 Å². The third kappa shape index (κ3) is 4.88. The van der Waals surface area contributed by atoms with Gasteiger partial charge in [0.05, 0.1) is 38.9 Å². The summed E-state index contributed by atoms with van der Waals surface area (Å²) in [6, 6.07) is 7.15. The highest BCUT2D eigenvalue weighted by Gasteiger charge is 2.29. The van der Waals surface area contributed by atoms with E-state index in [1.807, 2.05) is 6.07 Å². The van der Waals surface area contributed by atoms with Crippen molar-refractivity contribution in [2.45, 2.75) is 26.2 Å². The number of benzene rings is 1. The minimum atomic E-state index is -0.257. The molecule has 1 atom stereocenters. The average molecular weight is 402 g/mol. The zero-order valence-corrected chi connectivity index (χ0v) is 17.0. The predicted molar refractivity (Wildman–Crippen MR) is 105 cm³/mol. The number of ether oxygens (including phenoxy) is 3. The summed E-state index contributed by atoms with van der Waals surface area (Å²) in [7, 11) is 3.14. The molecule has 2 heterocycles. The van der Waals surface area contributed by atoms with Gasteiger partial charge in [0.1, 0.15) is 0 Å². The second-order valence-corrected chi connectivity index (χ2v) is 6.86. The SMILES string of the molecule is CCOC(=O)C1CCCN(C(=O)Cc2cc(-c3ccc(OC)c(OC)c3)on2)C1. The van der Waals surface area contributed by atoms with Crippen molar-refractivity contribution in [1.82, 2.24) is 10.1 Å². The zero-order chi connectivity index (χ0) is 20.8. The number of likely N-dealkylation sites (tertiary alicyclic amines) is 1. The largest absolute Gasteiger partial charge is 0.493 e. The number of esters is 1. The molecule has 3 rings (SSSR count). The van der Waals surface area contributed by atoms with Crippen molar-refractivity contribution in [3.8, 4) is 22.8 Å². The lowest BCUT2D eigenvalue weighted by Crippen LogP contribution is -2.43. The maximum Gasteiger partial charge on any atom is 0.310 e. The van der Waals surface area contributed by atoms with Crippen LogP contribution in [0.25, 0.3) is 11.3 Å². The van der Waals surface area contributed by atoms with Gasteiger partial charge < -0.3 is 23.6 Å². The van der Waals surface area contributed by atoms with Crippen LogP contribution in [0.15, 0.2) is 28.8 Å². The number of aromatic nitrogens is 1. The van der Waals surface area contributed by atoms with Gasteiger partial charge in [-0.05, 0) is 38.0 Å². The van der Waals surface area contributed by atoms with Crippen molar-refractivity contribution in [2.75, 3.05) is 33.9 Å². The molecule has 0 spiro atoms. The van der Waals surface area contributed by atoms with Gasteiger partial charge in [0.25, 0.3) is 0 Å². The van der Waals surface area contributed by atoms with E-state index in [0.717, 1.165) is 18.4 Å². The first-order chi connectivity index (χ1) is 14.0. The Morgan fingerprint density at radius 1 is 1.21 bits per heavy atom. The lowest BCUT2D eigenvalue weighted by Gasteiger charge is -2.31. The van der Waals surface area contributed by atoms with Crippen LogP contribution in [0.1, 0.15) is 25.5 Å². The van der Waals surface area contributed by atoms with Crippen molar-refractivity contribution in [2.24, 2.45) is 5.92 Å². The second kappa shape index (κ2) is 9.45. The fourth-order valence-electron chi connectivity index (χ4n) is 3.44. The Balaban J connectivity index is 1.65. The number of rotatable bonds is 7. The highest BCUT2D eigenvalue weighted by atomic mass is 16.5. The lowest BCUT2D eigenvalue weighted by atomic mass is 9.98. The van der Waals surface area contributed by atoms with E-state index in [-0.39, 0.29) is 24.2 Å². The van der Waals surface area contributed by atoms with Gasteiger partial charge in [0, 0.05) is 24.7 Å². The summed E-state index contributed by atoms with van der Waals surface area (Å²) in [5.41, 5.74) is 1.31. The normalized spacial score (nSPS) is 16.4. The van der Waals surface area contributed by atoms with E-state index in [2.05, 4.69) is 5.16 Å². The molecule has 1 amide bonds. The first-order valence-corrected chi connectivity index (χ1v) is 9.68. The second-order valence-electron chi connectivity index (χ2n) is 6.86. The lowest BCUT2D eigenvalue weighted by molar-refractivity contribution is -0.151. The molecule has 1 fully saturated rings. The van der Waals surface area contributed by atoms with Gasteiger partial charge in [0.15, 0.2) is 17.3 Å². The summed E-state index contributed by atoms with van der Waals surface area (Å²) in [4.78, 5) is 26.4. The molecule has 0 bridgehead atoms. The molecule has 29 heavy (non-hydrogen) atoms. The Morgan fingerprint density at radius 2 is 2.00 bits per heavy atom. The quantitative estimate of drug-likeness (QED) is 0.658. The summed E-state index contributed by atoms with van der Waals surface area (Å²) >= 11 is 0. The molecule has 1 unspecified atom stereocenters. The maximum atomic E-state index is 12.7. The summed E-state index contributed by atoms with van der Waals surface area (Å²) in [6.45, 7) is 3.15. The number of nitrogens with zero attached hydrogens (tertiary/aromatic N) is 2. The molecule has 1 saturated heterocycles. The number of carbonyl (C=O) groups is 2. The number of carbonyl (C=O) groups excluding carboxylic acids is 2. The highest BCUT2D eigenvalue weighted by Crippen LogP contribution is 2.32. The van der Waals surface area contributed by atoms with Crippen LogP contribution in [0, 0.1) is 5.92 Å². The fourth-order valence-corrected chi connectivity index (χ4v) is 3.44. The van der Waals surface area contributed by atoms with Crippen LogP contribution in [0.4, 0.5) is 0 Å². The van der Waals surface area contributed by atoms with Crippen molar-refractivity contribution in [3.05, 3.63) is 30.0 Å². The molecule has 1 aromatic heterocycles. The van der Waals surface area contributed by atoms with Crippen molar-refractivity contribution < 1.29 is 28.3 Å². The van der Waals surface area contributed by atoms with E-state index in [0.29, 0.717) is 42.6 Å². The molecule has 0 radical (unpaired) electrons. The monoisotopic (exact) mass is 402 g/mol. The van der Waals surface area contributed by atoms with Gasteiger partial charge in [0.2, 0.25) is 5.91 Å². The molecule has 1 aliphatic heterocycles. The molecule has 0 N–H and O–H groups in total. The Hall–Kier alpha value is -3.03. The number of hydrogen-bond donors (Lipinski definition) is 0. The van der Waals surface area contributed by atoms with Gasteiger partial charge in [-0.1, -0.05) is 5.16 Å². The molecule has 0 aliphatic carbocycles. The number of piperidine rings is 1. The van der Waals surface area contributed by atoms with Crippen LogP contribution in [0.2, 0.25) is 0 Å². The smallest absolute Gasteiger partial charge is 0.310 e. The van der Waals surface area contributed by atoms with Crippen molar-refractivity contribution >= 4 is 11.9 Å². The third-order valence-corrected chi connectivity index (χ3v) is 4.95. The fraction of sp³-hybridized carbons (Fsp3) is 0.476. The predicted octanol–water partition coefficient (Wildman–Crippen LogP) is 2.70. The van der Waals surface area contributed by atoms with Gasteiger partial charge in [-0.15, -0.1) is 0 Å². The first kappa shape index (κ1) is 20.7. The van der Waals surface area contributed by atoms with Crippen LogP contribution in [0.3, 0.4) is 0 Å². The molecular formula is C21H26N2O6. The Kier molecular flexibility index (Phi) is 6.74. The van der Waals surface area contributed by atoms with E-state index >= 15 is 0 Å². The van der Waals surface area contributed by atoms with E-state index in [1.54, 1.807) is 44.2 Å². The minimum Gasteiger partial charge on any atom is -0.493 e. The third-order valence-electron chi connectivity index (χ3n) is 4.95. The van der Waals surface area contributed by atoms with E-state index in [4.69, 9.17) is 18.7 Å². The topological polar surface area (TPSA) is 91.1 Å². The summed E-state index contributed by atoms with van der Waals surface area (Å²) in [6.07, 6.45) is 1.65. The van der Waals surface area contributed by atoms with Gasteiger partial charge in [-0.2, -0.15) is 0 Å². The van der Waals surface area contributed by atoms with Crippen LogP contribution < -0.4 is 9.47 Å². The molecule has 8 nitrogen and oxygen atoms in total. The van der Waals surface area contributed by atoms with Crippen LogP contribution in [0.5, 0.6) is 11.5 Å². The Morgan fingerprint density at radius 3 is 2.72 bits per heavy atom. The Labute approximate surface area is 169 Å². The average Bonchev–Trinajstić information content (AvgIpc) is 3.21. The number of hydrogen-bond acceptors (Lipinski definition) is 7. The first-order valence-electron chi connectivity index (χ1n) is 9.68. The number of methoxy groups -OCH3 is 2. The highest BCUT2D eigenvalue weighted by molar-refractivity contribution is 5.80.